The van der Waals surface area contributed by atoms with Crippen LogP contribution in [0.2, 0.25) is 0 Å². The summed E-state index contributed by atoms with van der Waals surface area (Å²) in [6.45, 7) is 2.29. The molecule has 0 N–H and O–H groups in total. The highest BCUT2D eigenvalue weighted by molar-refractivity contribution is 7.98. The van der Waals surface area contributed by atoms with E-state index in [0.717, 1.165) is 22.5 Å². The number of hydrogen-bond acceptors (Lipinski definition) is 1. The van der Waals surface area contributed by atoms with Crippen molar-refractivity contribution in [2.24, 2.45) is 5.92 Å². The van der Waals surface area contributed by atoms with Crippen LogP contribution in [0.1, 0.15) is 68.9 Å². The number of rotatable bonds is 7. The first-order valence-corrected chi connectivity index (χ1v) is 10.7. The fourth-order valence-electron chi connectivity index (χ4n) is 3.86. The second-order valence-corrected chi connectivity index (χ2v) is 8.39. The molecule has 3 rings (SSSR count). The first-order chi connectivity index (χ1) is 12.2. The molecule has 2 aromatic rings. The highest BCUT2D eigenvalue weighted by Gasteiger charge is 2.21. The third kappa shape index (κ3) is 5.60. The van der Waals surface area contributed by atoms with Gasteiger partial charge in [-0.15, -0.1) is 11.8 Å². The fraction of sp³-hybridized carbons (Fsp3) is 0.478. The van der Waals surface area contributed by atoms with E-state index < -0.39 is 0 Å². The maximum absolute atomic E-state index is 12.9. The minimum absolute atomic E-state index is 0.168. The fourth-order valence-corrected chi connectivity index (χ4v) is 4.72. The Morgan fingerprint density at radius 1 is 0.920 bits per heavy atom. The molecule has 1 aliphatic carbocycles. The molecule has 2 heteroatoms. The predicted molar refractivity (Wildman–Crippen MR) is 107 cm³/mol. The van der Waals surface area contributed by atoms with Crippen molar-refractivity contribution in [2.45, 2.75) is 68.4 Å². The minimum atomic E-state index is -0.168. The van der Waals surface area contributed by atoms with Crippen LogP contribution in [0, 0.1) is 11.7 Å². The zero-order chi connectivity index (χ0) is 17.5. The standard InChI is InChI=1S/C23H29FS/c1-2-3-4-18-5-9-20(10-6-18)21-11-7-19(8-12-21)17-25-23-15-13-22(24)14-16-23/h7-8,11-16,18,20H,2-6,9-10,17H2,1H3. The molecule has 1 fully saturated rings. The number of thioether (sulfide) groups is 1. The molecule has 0 heterocycles. The van der Waals surface area contributed by atoms with Crippen LogP contribution in [0.25, 0.3) is 0 Å². The van der Waals surface area contributed by atoms with Crippen molar-refractivity contribution in [2.75, 3.05) is 0 Å². The lowest BCUT2D eigenvalue weighted by Crippen LogP contribution is -2.13. The van der Waals surface area contributed by atoms with Gasteiger partial charge in [0, 0.05) is 10.6 Å². The summed E-state index contributed by atoms with van der Waals surface area (Å²) >= 11 is 1.76. The normalized spacial score (nSPS) is 20.6. The van der Waals surface area contributed by atoms with Crippen molar-refractivity contribution in [3.63, 3.8) is 0 Å². The summed E-state index contributed by atoms with van der Waals surface area (Å²) in [6.07, 6.45) is 9.70. The van der Waals surface area contributed by atoms with Gasteiger partial charge in [0.15, 0.2) is 0 Å². The van der Waals surface area contributed by atoms with E-state index in [9.17, 15) is 4.39 Å². The van der Waals surface area contributed by atoms with Crippen LogP contribution in [0.3, 0.4) is 0 Å². The molecule has 0 aliphatic heterocycles. The topological polar surface area (TPSA) is 0 Å². The number of halogens is 1. The third-order valence-electron chi connectivity index (χ3n) is 5.48. The Morgan fingerprint density at radius 3 is 2.24 bits per heavy atom. The van der Waals surface area contributed by atoms with Crippen molar-refractivity contribution in [3.05, 3.63) is 65.5 Å². The monoisotopic (exact) mass is 356 g/mol. The second kappa shape index (κ2) is 9.43. The lowest BCUT2D eigenvalue weighted by atomic mass is 9.77. The molecule has 0 amide bonds. The molecule has 134 valence electrons. The average Bonchev–Trinajstić information content (AvgIpc) is 2.67. The Labute approximate surface area is 156 Å². The molecule has 0 radical (unpaired) electrons. The Bertz CT molecular complexity index is 624. The van der Waals surface area contributed by atoms with Crippen molar-refractivity contribution >= 4 is 11.8 Å². The molecule has 0 nitrogen and oxygen atoms in total. The molecular weight excluding hydrogens is 327 g/mol. The van der Waals surface area contributed by atoms with Gasteiger partial charge < -0.3 is 0 Å². The van der Waals surface area contributed by atoms with E-state index in [1.54, 1.807) is 11.8 Å². The molecule has 25 heavy (non-hydrogen) atoms. The van der Waals surface area contributed by atoms with Gasteiger partial charge in [-0.05, 0) is 72.9 Å². The Hall–Kier alpha value is -1.28. The number of benzene rings is 2. The van der Waals surface area contributed by atoms with Gasteiger partial charge in [0.25, 0.3) is 0 Å². The van der Waals surface area contributed by atoms with E-state index in [4.69, 9.17) is 0 Å². The minimum Gasteiger partial charge on any atom is -0.207 e. The van der Waals surface area contributed by atoms with Crippen molar-refractivity contribution in [1.29, 1.82) is 0 Å². The quantitative estimate of drug-likeness (QED) is 0.461. The van der Waals surface area contributed by atoms with Crippen molar-refractivity contribution in [1.82, 2.24) is 0 Å². The van der Waals surface area contributed by atoms with Crippen LogP contribution >= 0.6 is 11.8 Å². The summed E-state index contributed by atoms with van der Waals surface area (Å²) in [5.74, 6) is 2.51. The molecule has 0 bridgehead atoms. The van der Waals surface area contributed by atoms with E-state index >= 15 is 0 Å². The first kappa shape index (κ1) is 18.5. The Balaban J connectivity index is 1.48. The van der Waals surface area contributed by atoms with Gasteiger partial charge in [0.05, 0.1) is 0 Å². The lowest BCUT2D eigenvalue weighted by Gasteiger charge is -2.29. The summed E-state index contributed by atoms with van der Waals surface area (Å²) in [7, 11) is 0. The van der Waals surface area contributed by atoms with Crippen LogP contribution in [-0.2, 0) is 5.75 Å². The summed E-state index contributed by atoms with van der Waals surface area (Å²) in [5, 5.41) is 0. The van der Waals surface area contributed by atoms with Gasteiger partial charge in [-0.25, -0.2) is 4.39 Å². The van der Waals surface area contributed by atoms with Crippen LogP contribution in [0.4, 0.5) is 4.39 Å². The van der Waals surface area contributed by atoms with Gasteiger partial charge in [0.2, 0.25) is 0 Å². The van der Waals surface area contributed by atoms with Gasteiger partial charge in [-0.3, -0.25) is 0 Å². The molecular formula is C23H29FS. The summed E-state index contributed by atoms with van der Waals surface area (Å²) in [5.41, 5.74) is 2.86. The van der Waals surface area contributed by atoms with E-state index in [-0.39, 0.29) is 5.82 Å². The van der Waals surface area contributed by atoms with Gasteiger partial charge >= 0.3 is 0 Å². The molecule has 0 atom stereocenters. The molecule has 1 aliphatic rings. The van der Waals surface area contributed by atoms with Crippen molar-refractivity contribution in [3.8, 4) is 0 Å². The summed E-state index contributed by atoms with van der Waals surface area (Å²) < 4.78 is 12.9. The molecule has 0 saturated heterocycles. The smallest absolute Gasteiger partial charge is 0.123 e. The van der Waals surface area contributed by atoms with E-state index in [1.165, 1.54) is 68.2 Å². The molecule has 0 unspecified atom stereocenters. The Morgan fingerprint density at radius 2 is 1.60 bits per heavy atom. The average molecular weight is 357 g/mol. The zero-order valence-electron chi connectivity index (χ0n) is 15.2. The van der Waals surface area contributed by atoms with Crippen LogP contribution in [-0.4, -0.2) is 0 Å². The van der Waals surface area contributed by atoms with Gasteiger partial charge in [0.1, 0.15) is 5.82 Å². The number of unbranched alkanes of at least 4 members (excludes halogenated alkanes) is 1. The van der Waals surface area contributed by atoms with E-state index in [2.05, 4.69) is 31.2 Å². The predicted octanol–water partition coefficient (Wildman–Crippen LogP) is 7.58. The molecule has 1 saturated carbocycles. The van der Waals surface area contributed by atoms with Crippen LogP contribution in [0.15, 0.2) is 53.4 Å². The zero-order valence-corrected chi connectivity index (χ0v) is 16.0. The van der Waals surface area contributed by atoms with Crippen molar-refractivity contribution < 1.29 is 4.39 Å². The van der Waals surface area contributed by atoms with E-state index in [1.807, 2.05) is 12.1 Å². The maximum Gasteiger partial charge on any atom is 0.123 e. The van der Waals surface area contributed by atoms with Gasteiger partial charge in [-0.2, -0.15) is 0 Å². The molecule has 0 spiro atoms. The molecule has 2 aromatic carbocycles. The third-order valence-corrected chi connectivity index (χ3v) is 6.57. The largest absolute Gasteiger partial charge is 0.207 e. The highest BCUT2D eigenvalue weighted by Crippen LogP contribution is 2.37. The Kier molecular flexibility index (Phi) is 6.98. The number of hydrogen-bond donors (Lipinski definition) is 0. The van der Waals surface area contributed by atoms with Gasteiger partial charge in [-0.1, -0.05) is 50.5 Å². The second-order valence-electron chi connectivity index (χ2n) is 7.34. The van der Waals surface area contributed by atoms with Crippen LogP contribution in [0.5, 0.6) is 0 Å². The summed E-state index contributed by atoms with van der Waals surface area (Å²) in [6, 6.07) is 16.0. The van der Waals surface area contributed by atoms with E-state index in [0.29, 0.717) is 0 Å². The lowest BCUT2D eigenvalue weighted by molar-refractivity contribution is 0.304. The molecule has 0 aromatic heterocycles. The first-order valence-electron chi connectivity index (χ1n) is 9.72. The highest BCUT2D eigenvalue weighted by atomic mass is 32.2. The van der Waals surface area contributed by atoms with Crippen LogP contribution < -0.4 is 0 Å². The maximum atomic E-state index is 12.9. The summed E-state index contributed by atoms with van der Waals surface area (Å²) in [4.78, 5) is 1.12. The SMILES string of the molecule is CCCCC1CCC(c2ccc(CSc3ccc(F)cc3)cc2)CC1.